The van der Waals surface area contributed by atoms with Gasteiger partial charge in [-0.1, -0.05) is 26.8 Å². The molecule has 9 nitrogen and oxygen atoms in total. The second-order valence-corrected chi connectivity index (χ2v) is 13.2. The van der Waals surface area contributed by atoms with Crippen LogP contribution in [0.4, 0.5) is 10.1 Å². The Kier molecular flexibility index (Phi) is 7.93. The van der Waals surface area contributed by atoms with Crippen molar-refractivity contribution in [1.82, 2.24) is 19.5 Å². The SMILES string of the molecule is COc1ccc(CCn2cnc3cc(N/C(=N/C4C[C@H]5C[C@@H]([C@@H]4C)C5(C)C)N4CCN(O)[C@@H](C)C4)ccc3c2=O)c(F)c1. The van der Waals surface area contributed by atoms with Gasteiger partial charge in [-0.3, -0.25) is 9.36 Å². The van der Waals surface area contributed by atoms with Gasteiger partial charge in [-0.25, -0.2) is 14.4 Å². The van der Waals surface area contributed by atoms with E-state index in [9.17, 15) is 14.4 Å². The Morgan fingerprint density at radius 1 is 1.19 bits per heavy atom. The van der Waals surface area contributed by atoms with Crippen molar-refractivity contribution in [3.05, 3.63) is 64.5 Å². The molecule has 0 spiro atoms. The molecule has 2 heterocycles. The van der Waals surface area contributed by atoms with Gasteiger partial charge < -0.3 is 20.2 Å². The van der Waals surface area contributed by atoms with Gasteiger partial charge in [0, 0.05) is 44.0 Å². The number of aliphatic imine (C=N–C) groups is 1. The van der Waals surface area contributed by atoms with Gasteiger partial charge in [-0.05, 0) is 79.2 Å². The molecule has 1 aliphatic heterocycles. The second-order valence-electron chi connectivity index (χ2n) is 13.2. The summed E-state index contributed by atoms with van der Waals surface area (Å²) in [7, 11) is 1.50. The number of rotatable bonds is 6. The van der Waals surface area contributed by atoms with Crippen LogP contribution in [0.3, 0.4) is 0 Å². The average molecular weight is 591 g/mol. The van der Waals surface area contributed by atoms with Crippen molar-refractivity contribution < 1.29 is 14.3 Å². The van der Waals surface area contributed by atoms with Gasteiger partial charge in [-0.15, -0.1) is 0 Å². The van der Waals surface area contributed by atoms with Gasteiger partial charge in [0.2, 0.25) is 0 Å². The van der Waals surface area contributed by atoms with Crippen LogP contribution in [-0.4, -0.2) is 69.5 Å². The molecule has 3 saturated carbocycles. The molecular weight excluding hydrogens is 547 g/mol. The number of methoxy groups -OCH3 is 1. The molecule has 7 rings (SSSR count). The van der Waals surface area contributed by atoms with E-state index in [0.29, 0.717) is 78.0 Å². The number of halogens is 1. The minimum Gasteiger partial charge on any atom is -0.497 e. The summed E-state index contributed by atoms with van der Waals surface area (Å²) in [6.45, 7) is 11.3. The molecule has 4 aliphatic rings. The van der Waals surface area contributed by atoms with Crippen molar-refractivity contribution in [3.8, 4) is 5.75 Å². The van der Waals surface area contributed by atoms with Crippen LogP contribution in [0.5, 0.6) is 5.75 Å². The van der Waals surface area contributed by atoms with E-state index >= 15 is 0 Å². The van der Waals surface area contributed by atoms with E-state index in [1.807, 2.05) is 19.1 Å². The maximum Gasteiger partial charge on any atom is 0.261 e. The first-order valence-electron chi connectivity index (χ1n) is 15.4. The first-order chi connectivity index (χ1) is 20.5. The highest BCUT2D eigenvalue weighted by Gasteiger charge is 2.56. The molecule has 1 unspecified atom stereocenters. The van der Waals surface area contributed by atoms with Crippen LogP contribution in [0, 0.1) is 29.0 Å². The van der Waals surface area contributed by atoms with Crippen molar-refractivity contribution in [1.29, 1.82) is 0 Å². The lowest BCUT2D eigenvalue weighted by atomic mass is 9.45. The van der Waals surface area contributed by atoms with Crippen molar-refractivity contribution >= 4 is 22.5 Å². The fraction of sp³-hybridized carbons (Fsp3) is 0.545. The normalized spacial score (nSPS) is 27.2. The zero-order valence-corrected chi connectivity index (χ0v) is 25.8. The van der Waals surface area contributed by atoms with E-state index in [1.165, 1.54) is 35.6 Å². The topological polar surface area (TPSA) is 95.2 Å². The number of fused-ring (bicyclic) bond motifs is 3. The van der Waals surface area contributed by atoms with Gasteiger partial charge >= 0.3 is 0 Å². The Balaban J connectivity index is 1.23. The Labute approximate surface area is 252 Å². The molecule has 3 aromatic rings. The Bertz CT molecular complexity index is 1590. The molecule has 0 amide bonds. The van der Waals surface area contributed by atoms with E-state index in [1.54, 1.807) is 18.2 Å². The minimum absolute atomic E-state index is 0.0139. The van der Waals surface area contributed by atoms with Crippen LogP contribution < -0.4 is 15.6 Å². The summed E-state index contributed by atoms with van der Waals surface area (Å²) < 4.78 is 21.0. The summed E-state index contributed by atoms with van der Waals surface area (Å²) in [5, 5.41) is 15.7. The fourth-order valence-electron chi connectivity index (χ4n) is 7.41. The molecular formula is C33H43FN6O3. The number of hydrogen-bond donors (Lipinski definition) is 2. The van der Waals surface area contributed by atoms with Crippen LogP contribution in [-0.2, 0) is 13.0 Å². The molecule has 0 radical (unpaired) electrons. The summed E-state index contributed by atoms with van der Waals surface area (Å²) in [6.07, 6.45) is 4.28. The molecule has 4 fully saturated rings. The minimum atomic E-state index is -0.354. The number of aryl methyl sites for hydroxylation is 2. The highest BCUT2D eigenvalue weighted by Crippen LogP contribution is 2.61. The summed E-state index contributed by atoms with van der Waals surface area (Å²) in [6, 6.07) is 10.6. The van der Waals surface area contributed by atoms with Crippen LogP contribution >= 0.6 is 0 Å². The maximum absolute atomic E-state index is 14.4. The van der Waals surface area contributed by atoms with Crippen LogP contribution in [0.1, 0.15) is 46.1 Å². The number of hydroxylamine groups is 2. The third-order valence-corrected chi connectivity index (χ3v) is 10.5. The molecule has 10 heteroatoms. The molecule has 1 saturated heterocycles. The zero-order valence-electron chi connectivity index (χ0n) is 25.8. The second kappa shape index (κ2) is 11.5. The molecule has 3 aliphatic carbocycles. The first kappa shape index (κ1) is 29.6. The predicted molar refractivity (Wildman–Crippen MR) is 166 cm³/mol. The van der Waals surface area contributed by atoms with E-state index in [-0.39, 0.29) is 23.5 Å². The zero-order chi connectivity index (χ0) is 30.5. The molecule has 2 aromatic carbocycles. The van der Waals surface area contributed by atoms with Crippen LogP contribution in [0.25, 0.3) is 10.9 Å². The fourth-order valence-corrected chi connectivity index (χ4v) is 7.41. The van der Waals surface area contributed by atoms with Crippen LogP contribution in [0.2, 0.25) is 0 Å². The lowest BCUT2D eigenvalue weighted by molar-refractivity contribution is -0.142. The molecule has 230 valence electrons. The molecule has 5 atom stereocenters. The van der Waals surface area contributed by atoms with Crippen molar-refractivity contribution in [2.24, 2.45) is 28.2 Å². The predicted octanol–water partition coefficient (Wildman–Crippen LogP) is 5.02. The third kappa shape index (κ3) is 5.62. The van der Waals surface area contributed by atoms with Gasteiger partial charge in [-0.2, -0.15) is 5.06 Å². The standard InChI is InChI=1S/C33H43FN6O3/c1-20-18-38(12-13-40(20)42)32(37-29-15-23-14-27(21(29)2)33(23,3)4)36-24-7-9-26-30(16-24)35-19-39(31(26)41)11-10-22-6-8-25(43-5)17-28(22)34/h6-9,16-17,19-21,23,27,29,42H,10-15,18H2,1-5H3,(H,36,37)/t20-,21-,23+,27-,29?/m0/s1. The number of nitrogens with zero attached hydrogens (tertiary/aromatic N) is 5. The molecule has 2 N–H and O–H groups in total. The highest BCUT2D eigenvalue weighted by molar-refractivity contribution is 5.96. The third-order valence-electron chi connectivity index (χ3n) is 10.5. The highest BCUT2D eigenvalue weighted by atomic mass is 19.1. The van der Waals surface area contributed by atoms with E-state index in [2.05, 4.69) is 36.0 Å². The van der Waals surface area contributed by atoms with Gasteiger partial charge in [0.25, 0.3) is 5.56 Å². The molecule has 1 aromatic heterocycles. The monoisotopic (exact) mass is 590 g/mol. The number of benzene rings is 2. The van der Waals surface area contributed by atoms with Gasteiger partial charge in [0.05, 0.1) is 30.4 Å². The number of piperazine rings is 1. The van der Waals surface area contributed by atoms with Crippen LogP contribution in [0.15, 0.2) is 52.5 Å². The number of guanidine groups is 1. The molecule has 43 heavy (non-hydrogen) atoms. The Morgan fingerprint density at radius 2 is 2.00 bits per heavy atom. The number of anilines is 1. The van der Waals surface area contributed by atoms with E-state index < -0.39 is 0 Å². The van der Waals surface area contributed by atoms with Gasteiger partial charge in [0.15, 0.2) is 5.96 Å². The lowest BCUT2D eigenvalue weighted by Gasteiger charge is -2.61. The van der Waals surface area contributed by atoms with Crippen molar-refractivity contribution in [3.63, 3.8) is 0 Å². The molecule has 2 bridgehead atoms. The van der Waals surface area contributed by atoms with Crippen molar-refractivity contribution in [2.45, 2.75) is 65.6 Å². The Hall–Kier alpha value is -3.50. The first-order valence-corrected chi connectivity index (χ1v) is 15.4. The number of ether oxygens (including phenoxy) is 1. The lowest BCUT2D eigenvalue weighted by Crippen LogP contribution is -2.57. The number of nitrogens with one attached hydrogen (secondary N) is 1. The number of hydrogen-bond acceptors (Lipinski definition) is 6. The summed E-state index contributed by atoms with van der Waals surface area (Å²) in [4.78, 5) is 25.4. The number of aromatic nitrogens is 2. The van der Waals surface area contributed by atoms with E-state index in [4.69, 9.17) is 9.73 Å². The largest absolute Gasteiger partial charge is 0.497 e. The maximum atomic E-state index is 14.4. The Morgan fingerprint density at radius 3 is 2.70 bits per heavy atom. The average Bonchev–Trinajstić information content (AvgIpc) is 2.99. The summed E-state index contributed by atoms with van der Waals surface area (Å²) in [5.74, 6) is 2.80. The summed E-state index contributed by atoms with van der Waals surface area (Å²) >= 11 is 0. The van der Waals surface area contributed by atoms with Crippen molar-refractivity contribution in [2.75, 3.05) is 32.1 Å². The quantitative estimate of drug-likeness (QED) is 0.308. The summed E-state index contributed by atoms with van der Waals surface area (Å²) in [5.41, 5.74) is 2.14. The van der Waals surface area contributed by atoms with Gasteiger partial charge in [0.1, 0.15) is 11.6 Å². The smallest absolute Gasteiger partial charge is 0.261 e. The van der Waals surface area contributed by atoms with E-state index in [0.717, 1.165) is 18.1 Å².